The van der Waals surface area contributed by atoms with Gasteiger partial charge in [0, 0.05) is 18.0 Å². The number of anilines is 1. The van der Waals surface area contributed by atoms with Gasteiger partial charge < -0.3 is 14.5 Å². The number of Topliss-reactive ketones (excluding diaryl/α,β-unsaturated/α-hetero) is 1. The first-order chi connectivity index (χ1) is 20.0. The van der Waals surface area contributed by atoms with E-state index in [1.807, 2.05) is 19.9 Å². The molecular weight excluding hydrogens is 542 g/mol. The molecule has 2 amide bonds. The van der Waals surface area contributed by atoms with E-state index < -0.39 is 41.3 Å². The van der Waals surface area contributed by atoms with Crippen molar-refractivity contribution < 1.29 is 23.5 Å². The van der Waals surface area contributed by atoms with E-state index in [0.717, 1.165) is 17.2 Å². The first-order valence-electron chi connectivity index (χ1n) is 13.1. The molecule has 0 saturated carbocycles. The highest BCUT2D eigenvalue weighted by atomic mass is 16.5. The van der Waals surface area contributed by atoms with Gasteiger partial charge in [0.15, 0.2) is 0 Å². The van der Waals surface area contributed by atoms with Gasteiger partial charge in [0.2, 0.25) is 17.6 Å². The summed E-state index contributed by atoms with van der Waals surface area (Å²) >= 11 is 0. The normalized spacial score (nSPS) is 12.0. The number of carbonyl (C=O) groups is 3. The van der Waals surface area contributed by atoms with E-state index >= 15 is 0 Å². The van der Waals surface area contributed by atoms with Crippen molar-refractivity contribution in [1.82, 2.24) is 30.0 Å². The maximum absolute atomic E-state index is 13.4. The van der Waals surface area contributed by atoms with Crippen molar-refractivity contribution in [3.05, 3.63) is 88.8 Å². The summed E-state index contributed by atoms with van der Waals surface area (Å²) in [6.45, 7) is 6.75. The zero-order valence-electron chi connectivity index (χ0n) is 23.8. The van der Waals surface area contributed by atoms with Gasteiger partial charge in [0.05, 0.1) is 24.8 Å². The second-order valence-corrected chi connectivity index (χ2v) is 10.3. The van der Waals surface area contributed by atoms with Crippen molar-refractivity contribution in [2.24, 2.45) is 5.92 Å². The number of nitrogens with one attached hydrogen (secondary N) is 2. The summed E-state index contributed by atoms with van der Waals surface area (Å²) in [4.78, 5) is 60.2. The maximum Gasteiger partial charge on any atom is 0.411 e. The molecule has 218 valence electrons. The molecule has 1 atom stereocenters. The number of hydrogen-bond donors (Lipinski definition) is 2. The molecule has 3 aromatic heterocycles. The molecule has 13 nitrogen and oxygen atoms in total. The number of nitrogens with zero attached hydrogens (tertiary/aromatic N) is 5. The standard InChI is InChI=1S/C29H31N7O6/c1-17(2)22(23(38)25-34-35-27(42-25)29(3,4)19-12-9-13-30-14-19)33-21(37)16-36-24(18-10-7-6-8-11-18)31-15-20(26(36)39)32-28(40)41-5/h6-15,17,22H,16H2,1-5H3,(H,32,40)(H,33,37)/t22-/m0/s1. The van der Waals surface area contributed by atoms with Crippen LogP contribution in [-0.4, -0.2) is 55.7 Å². The number of ether oxygens (including phenoxy) is 1. The Hall–Kier alpha value is -5.20. The molecule has 0 aliphatic carbocycles. The lowest BCUT2D eigenvalue weighted by Crippen LogP contribution is -2.46. The monoisotopic (exact) mass is 573 g/mol. The molecule has 0 aliphatic rings. The molecule has 3 heterocycles. The van der Waals surface area contributed by atoms with E-state index in [2.05, 4.69) is 35.5 Å². The highest BCUT2D eigenvalue weighted by molar-refractivity contribution is 5.98. The largest absolute Gasteiger partial charge is 0.453 e. The fourth-order valence-electron chi connectivity index (χ4n) is 4.17. The molecule has 0 unspecified atom stereocenters. The zero-order valence-corrected chi connectivity index (χ0v) is 23.8. The van der Waals surface area contributed by atoms with Crippen LogP contribution in [0.1, 0.15) is 49.8 Å². The molecule has 1 aromatic carbocycles. The SMILES string of the molecule is COC(=O)Nc1cnc(-c2ccccc2)n(CC(=O)N[C@H](C(=O)c2nnc(C(C)(C)c3cccnc3)o2)C(C)C)c1=O. The Morgan fingerprint density at radius 3 is 2.43 bits per heavy atom. The lowest BCUT2D eigenvalue weighted by molar-refractivity contribution is -0.122. The summed E-state index contributed by atoms with van der Waals surface area (Å²) < 4.78 is 11.5. The van der Waals surface area contributed by atoms with Gasteiger partial charge in [0.25, 0.3) is 11.4 Å². The summed E-state index contributed by atoms with van der Waals surface area (Å²) in [5.41, 5.74) is -0.199. The lowest BCUT2D eigenvalue weighted by atomic mass is 9.86. The number of benzene rings is 1. The molecule has 0 bridgehead atoms. The Labute approximate surface area is 241 Å². The van der Waals surface area contributed by atoms with Crippen LogP contribution < -0.4 is 16.2 Å². The van der Waals surface area contributed by atoms with Gasteiger partial charge in [0.1, 0.15) is 18.1 Å². The number of ketones is 1. The predicted molar refractivity (Wildman–Crippen MR) is 152 cm³/mol. The molecule has 0 spiro atoms. The molecule has 0 saturated heterocycles. The highest BCUT2D eigenvalue weighted by Gasteiger charge is 2.34. The number of carbonyl (C=O) groups excluding carboxylic acids is 3. The molecule has 13 heteroatoms. The van der Waals surface area contributed by atoms with Crippen molar-refractivity contribution in [2.45, 2.75) is 45.7 Å². The van der Waals surface area contributed by atoms with E-state index in [1.54, 1.807) is 62.6 Å². The second kappa shape index (κ2) is 12.5. The van der Waals surface area contributed by atoms with Gasteiger partial charge in [-0.25, -0.2) is 9.78 Å². The van der Waals surface area contributed by atoms with Crippen LogP contribution in [0.5, 0.6) is 0 Å². The van der Waals surface area contributed by atoms with Gasteiger partial charge in [-0.2, -0.15) is 0 Å². The molecular formula is C29H31N7O6. The van der Waals surface area contributed by atoms with Crippen molar-refractivity contribution in [1.29, 1.82) is 0 Å². The molecule has 0 aliphatic heterocycles. The van der Waals surface area contributed by atoms with Gasteiger partial charge in [-0.1, -0.05) is 50.2 Å². The molecule has 42 heavy (non-hydrogen) atoms. The number of pyridine rings is 1. The predicted octanol–water partition coefficient (Wildman–Crippen LogP) is 3.22. The van der Waals surface area contributed by atoms with E-state index in [1.165, 1.54) is 6.20 Å². The number of methoxy groups -OCH3 is 1. The summed E-state index contributed by atoms with van der Waals surface area (Å²) in [6, 6.07) is 11.4. The van der Waals surface area contributed by atoms with E-state index in [9.17, 15) is 19.2 Å². The minimum Gasteiger partial charge on any atom is -0.453 e. The van der Waals surface area contributed by atoms with Gasteiger partial charge >= 0.3 is 6.09 Å². The van der Waals surface area contributed by atoms with Crippen molar-refractivity contribution in [2.75, 3.05) is 12.4 Å². The zero-order chi connectivity index (χ0) is 30.4. The summed E-state index contributed by atoms with van der Waals surface area (Å²) in [5.74, 6) is -1.43. The Bertz CT molecular complexity index is 1630. The van der Waals surface area contributed by atoms with Crippen molar-refractivity contribution in [3.63, 3.8) is 0 Å². The Morgan fingerprint density at radius 2 is 1.79 bits per heavy atom. The van der Waals surface area contributed by atoms with Crippen LogP contribution >= 0.6 is 0 Å². The maximum atomic E-state index is 13.4. The van der Waals surface area contributed by atoms with Gasteiger partial charge in [-0.15, -0.1) is 10.2 Å². The van der Waals surface area contributed by atoms with Crippen LogP contribution in [0, 0.1) is 5.92 Å². The second-order valence-electron chi connectivity index (χ2n) is 10.3. The van der Waals surface area contributed by atoms with Gasteiger partial charge in [-0.05, 0) is 31.4 Å². The third-order valence-electron chi connectivity index (χ3n) is 6.62. The average Bonchev–Trinajstić information content (AvgIpc) is 3.50. The quantitative estimate of drug-likeness (QED) is 0.268. The van der Waals surface area contributed by atoms with Crippen LogP contribution in [0.2, 0.25) is 0 Å². The molecule has 4 aromatic rings. The Kier molecular flexibility index (Phi) is 8.89. The fraction of sp³-hybridized carbons (Fsp3) is 0.310. The summed E-state index contributed by atoms with van der Waals surface area (Å²) in [7, 11) is 1.16. The first kappa shape index (κ1) is 29.8. The van der Waals surface area contributed by atoms with Crippen LogP contribution in [-0.2, 0) is 21.5 Å². The minimum atomic E-state index is -1.03. The van der Waals surface area contributed by atoms with Crippen LogP contribution in [0.3, 0.4) is 0 Å². The van der Waals surface area contributed by atoms with Crippen molar-refractivity contribution in [3.8, 4) is 11.4 Å². The minimum absolute atomic E-state index is 0.180. The number of amides is 2. The summed E-state index contributed by atoms with van der Waals surface area (Å²) in [6.07, 6.45) is 3.65. The topological polar surface area (TPSA) is 171 Å². The lowest BCUT2D eigenvalue weighted by Gasteiger charge is -2.21. The first-order valence-corrected chi connectivity index (χ1v) is 13.1. The number of hydrogen-bond acceptors (Lipinski definition) is 10. The third-order valence-corrected chi connectivity index (χ3v) is 6.62. The number of aromatic nitrogens is 5. The molecule has 2 N–H and O–H groups in total. The fourth-order valence-corrected chi connectivity index (χ4v) is 4.17. The Balaban J connectivity index is 1.60. The van der Waals surface area contributed by atoms with E-state index in [0.29, 0.717) is 5.56 Å². The summed E-state index contributed by atoms with van der Waals surface area (Å²) in [5, 5.41) is 13.1. The van der Waals surface area contributed by atoms with Gasteiger partial charge in [-0.3, -0.25) is 29.3 Å². The van der Waals surface area contributed by atoms with Crippen molar-refractivity contribution >= 4 is 23.5 Å². The highest BCUT2D eigenvalue weighted by Crippen LogP contribution is 2.30. The molecule has 0 fully saturated rings. The van der Waals surface area contributed by atoms with Crippen LogP contribution in [0.15, 0.2) is 70.3 Å². The molecule has 0 radical (unpaired) electrons. The molecule has 4 rings (SSSR count). The van der Waals surface area contributed by atoms with E-state index in [4.69, 9.17) is 4.42 Å². The van der Waals surface area contributed by atoms with Crippen LogP contribution in [0.4, 0.5) is 10.5 Å². The van der Waals surface area contributed by atoms with Crippen LogP contribution in [0.25, 0.3) is 11.4 Å². The third kappa shape index (κ3) is 6.40. The average molecular weight is 574 g/mol. The van der Waals surface area contributed by atoms with E-state index in [-0.39, 0.29) is 29.2 Å². The Morgan fingerprint density at radius 1 is 1.05 bits per heavy atom. The number of rotatable bonds is 10. The smallest absolute Gasteiger partial charge is 0.411 e.